The van der Waals surface area contributed by atoms with Crippen LogP contribution >= 0.6 is 0 Å². The molecular formula is C6H12O2Si. The first-order valence-electron chi connectivity index (χ1n) is 3.16. The molecule has 0 aromatic rings. The van der Waals surface area contributed by atoms with Gasteiger partial charge in [0.25, 0.3) is 0 Å². The van der Waals surface area contributed by atoms with E-state index in [4.69, 9.17) is 4.74 Å². The van der Waals surface area contributed by atoms with Gasteiger partial charge in [0.2, 0.25) is 0 Å². The van der Waals surface area contributed by atoms with Crippen LogP contribution in [-0.2, 0) is 9.53 Å². The second kappa shape index (κ2) is 1.92. The van der Waals surface area contributed by atoms with Gasteiger partial charge in [0.15, 0.2) is 6.29 Å². The van der Waals surface area contributed by atoms with Crippen molar-refractivity contribution in [2.24, 2.45) is 0 Å². The molecule has 0 aromatic heterocycles. The fourth-order valence-corrected chi connectivity index (χ4v) is 2.55. The maximum atomic E-state index is 10.1. The Morgan fingerprint density at radius 2 is 2.00 bits per heavy atom. The van der Waals surface area contributed by atoms with Crippen molar-refractivity contribution in [2.45, 2.75) is 31.5 Å². The van der Waals surface area contributed by atoms with E-state index in [9.17, 15) is 4.79 Å². The summed E-state index contributed by atoms with van der Waals surface area (Å²) >= 11 is 0. The van der Waals surface area contributed by atoms with Crippen LogP contribution in [0, 0.1) is 0 Å². The zero-order valence-corrected chi connectivity index (χ0v) is 7.05. The molecule has 0 bridgehead atoms. The van der Waals surface area contributed by atoms with Crippen LogP contribution in [-0.4, -0.2) is 26.2 Å². The van der Waals surface area contributed by atoms with Gasteiger partial charge in [0.05, 0.1) is 13.8 Å². The van der Waals surface area contributed by atoms with E-state index in [2.05, 4.69) is 19.6 Å². The number of hydrogen-bond donors (Lipinski definition) is 0. The van der Waals surface area contributed by atoms with Gasteiger partial charge in [0, 0.05) is 0 Å². The Labute approximate surface area is 56.2 Å². The average molecular weight is 144 g/mol. The van der Waals surface area contributed by atoms with Crippen molar-refractivity contribution in [3.05, 3.63) is 0 Å². The van der Waals surface area contributed by atoms with Crippen LogP contribution in [0.1, 0.15) is 0 Å². The Hall–Kier alpha value is -0.153. The molecule has 0 N–H and O–H groups in total. The number of hydrogen-bond acceptors (Lipinski definition) is 2. The lowest BCUT2D eigenvalue weighted by Gasteiger charge is -2.09. The third kappa shape index (κ3) is 1.40. The van der Waals surface area contributed by atoms with Crippen LogP contribution in [0.2, 0.25) is 19.6 Å². The van der Waals surface area contributed by atoms with Gasteiger partial charge in [-0.25, -0.2) is 0 Å². The number of ether oxygens (including phenoxy) is 1. The molecule has 1 aliphatic rings. The highest BCUT2D eigenvalue weighted by Gasteiger charge is 2.47. The van der Waals surface area contributed by atoms with E-state index in [0.717, 1.165) is 6.29 Å². The largest absolute Gasteiger partial charge is 0.365 e. The highest BCUT2D eigenvalue weighted by molar-refractivity contribution is 6.78. The number of aldehydes is 1. The topological polar surface area (TPSA) is 29.6 Å². The lowest BCUT2D eigenvalue weighted by Crippen LogP contribution is -2.30. The zero-order valence-electron chi connectivity index (χ0n) is 6.05. The maximum absolute atomic E-state index is 10.1. The Kier molecular flexibility index (Phi) is 1.48. The second-order valence-corrected chi connectivity index (χ2v) is 8.82. The fraction of sp³-hybridized carbons (Fsp3) is 0.833. The molecule has 0 amide bonds. The molecule has 1 heterocycles. The third-order valence-electron chi connectivity index (χ3n) is 1.51. The lowest BCUT2D eigenvalue weighted by atomic mass is 10.5. The molecule has 3 heteroatoms. The molecule has 1 fully saturated rings. The molecular weight excluding hydrogens is 132 g/mol. The summed E-state index contributed by atoms with van der Waals surface area (Å²) in [6.07, 6.45) is 0.847. The number of carbonyl (C=O) groups is 1. The Morgan fingerprint density at radius 1 is 1.44 bits per heavy atom. The summed E-state index contributed by atoms with van der Waals surface area (Å²) in [5, 5.41) is 0. The minimum Gasteiger partial charge on any atom is -0.365 e. The summed E-state index contributed by atoms with van der Waals surface area (Å²) in [6.45, 7) is 6.63. The van der Waals surface area contributed by atoms with Gasteiger partial charge < -0.3 is 9.53 Å². The van der Waals surface area contributed by atoms with E-state index < -0.39 is 8.07 Å². The van der Waals surface area contributed by atoms with Gasteiger partial charge in [-0.15, -0.1) is 0 Å². The van der Waals surface area contributed by atoms with Crippen molar-refractivity contribution in [1.29, 1.82) is 0 Å². The first kappa shape index (κ1) is 6.96. The number of epoxide rings is 1. The van der Waals surface area contributed by atoms with E-state index in [0.29, 0.717) is 5.73 Å². The molecule has 0 spiro atoms. The second-order valence-electron chi connectivity index (χ2n) is 3.52. The molecule has 0 unspecified atom stereocenters. The van der Waals surface area contributed by atoms with Gasteiger partial charge in [-0.2, -0.15) is 0 Å². The lowest BCUT2D eigenvalue weighted by molar-refractivity contribution is -0.108. The van der Waals surface area contributed by atoms with E-state index in [1.54, 1.807) is 0 Å². The van der Waals surface area contributed by atoms with Crippen LogP contribution in [0.4, 0.5) is 0 Å². The zero-order chi connectivity index (χ0) is 7.07. The fourth-order valence-electron chi connectivity index (χ4n) is 0.924. The molecule has 1 rings (SSSR count). The first-order valence-corrected chi connectivity index (χ1v) is 6.74. The molecule has 2 nitrogen and oxygen atoms in total. The van der Waals surface area contributed by atoms with Crippen LogP contribution < -0.4 is 0 Å². The predicted molar refractivity (Wildman–Crippen MR) is 38.1 cm³/mol. The van der Waals surface area contributed by atoms with E-state index in [1.807, 2.05) is 0 Å². The highest BCUT2D eigenvalue weighted by Crippen LogP contribution is 2.29. The summed E-state index contributed by atoms with van der Waals surface area (Å²) < 4.78 is 5.12. The minimum absolute atomic E-state index is 0.0586. The molecule has 2 atom stereocenters. The van der Waals surface area contributed by atoms with Crippen molar-refractivity contribution < 1.29 is 9.53 Å². The summed E-state index contributed by atoms with van der Waals surface area (Å²) in [5.74, 6) is 0. The maximum Gasteiger partial charge on any atom is 0.151 e. The summed E-state index contributed by atoms with van der Waals surface area (Å²) in [6, 6.07) is 0. The van der Waals surface area contributed by atoms with Gasteiger partial charge in [-0.3, -0.25) is 0 Å². The van der Waals surface area contributed by atoms with Gasteiger partial charge in [-0.1, -0.05) is 19.6 Å². The quantitative estimate of drug-likeness (QED) is 0.326. The minimum atomic E-state index is -1.16. The molecule has 9 heavy (non-hydrogen) atoms. The third-order valence-corrected chi connectivity index (χ3v) is 3.68. The predicted octanol–water partition coefficient (Wildman–Crippen LogP) is 0.830. The summed E-state index contributed by atoms with van der Waals surface area (Å²) in [5.41, 5.74) is 0.301. The summed E-state index contributed by atoms with van der Waals surface area (Å²) in [7, 11) is -1.16. The Balaban J connectivity index is 2.42. The highest BCUT2D eigenvalue weighted by atomic mass is 28.3. The first-order chi connectivity index (χ1) is 4.05. The van der Waals surface area contributed by atoms with Gasteiger partial charge in [-0.05, 0) is 0 Å². The van der Waals surface area contributed by atoms with Crippen molar-refractivity contribution in [2.75, 3.05) is 0 Å². The van der Waals surface area contributed by atoms with E-state index >= 15 is 0 Å². The molecule has 1 saturated heterocycles. The summed E-state index contributed by atoms with van der Waals surface area (Å²) in [4.78, 5) is 10.1. The standard InChI is InChI=1S/C6H12O2Si/c1-9(2,3)6-5(4-7)8-6/h4-6H,1-3H3/t5-,6-/m0/s1. The van der Waals surface area contributed by atoms with Gasteiger partial charge >= 0.3 is 0 Å². The van der Waals surface area contributed by atoms with Crippen LogP contribution in [0.5, 0.6) is 0 Å². The Morgan fingerprint density at radius 3 is 2.11 bits per heavy atom. The molecule has 1 aliphatic heterocycles. The normalized spacial score (nSPS) is 34.1. The average Bonchev–Trinajstić information content (AvgIpc) is 2.39. The van der Waals surface area contributed by atoms with Crippen molar-refractivity contribution in [3.63, 3.8) is 0 Å². The van der Waals surface area contributed by atoms with E-state index in [1.165, 1.54) is 0 Å². The molecule has 0 aliphatic carbocycles. The van der Waals surface area contributed by atoms with Crippen molar-refractivity contribution in [3.8, 4) is 0 Å². The molecule has 52 valence electrons. The SMILES string of the molecule is C[Si](C)(C)[C@@H]1O[C@H]1C=O. The van der Waals surface area contributed by atoms with Crippen LogP contribution in [0.3, 0.4) is 0 Å². The monoisotopic (exact) mass is 144 g/mol. The molecule has 0 saturated carbocycles. The van der Waals surface area contributed by atoms with Gasteiger partial charge in [0.1, 0.15) is 6.10 Å². The van der Waals surface area contributed by atoms with Crippen molar-refractivity contribution in [1.82, 2.24) is 0 Å². The van der Waals surface area contributed by atoms with Crippen LogP contribution in [0.15, 0.2) is 0 Å². The van der Waals surface area contributed by atoms with Crippen molar-refractivity contribution >= 4 is 14.4 Å². The molecule has 0 radical (unpaired) electrons. The molecule has 0 aromatic carbocycles. The van der Waals surface area contributed by atoms with E-state index in [-0.39, 0.29) is 6.10 Å². The van der Waals surface area contributed by atoms with Crippen LogP contribution in [0.25, 0.3) is 0 Å². The number of carbonyl (C=O) groups excluding carboxylic acids is 1. The smallest absolute Gasteiger partial charge is 0.151 e. The Bertz CT molecular complexity index is 128. The number of rotatable bonds is 2.